The molecule has 1 aromatic heterocycles. The van der Waals surface area contributed by atoms with Crippen LogP contribution in [0, 0.1) is 11.6 Å². The van der Waals surface area contributed by atoms with Gasteiger partial charge >= 0.3 is 0 Å². The topological polar surface area (TPSA) is 101 Å². The van der Waals surface area contributed by atoms with Gasteiger partial charge in [0.15, 0.2) is 11.6 Å². The van der Waals surface area contributed by atoms with E-state index in [9.17, 15) is 28.3 Å². The maximum absolute atomic E-state index is 14.2. The molecule has 32 heavy (non-hydrogen) atoms. The van der Waals surface area contributed by atoms with Crippen molar-refractivity contribution < 1.29 is 28.2 Å². The monoisotopic (exact) mass is 449 g/mol. The first-order chi connectivity index (χ1) is 15.3. The fourth-order valence-corrected chi connectivity index (χ4v) is 4.29. The highest BCUT2D eigenvalue weighted by atomic mass is 19.2. The van der Waals surface area contributed by atoms with E-state index in [0.717, 1.165) is 31.7 Å². The molecule has 0 saturated carbocycles. The molecule has 2 aliphatic heterocycles. The second kappa shape index (κ2) is 8.85. The predicted molar refractivity (Wildman–Crippen MR) is 112 cm³/mol. The highest BCUT2D eigenvalue weighted by Crippen LogP contribution is 2.35. The van der Waals surface area contributed by atoms with Gasteiger partial charge in [0, 0.05) is 19.3 Å². The van der Waals surface area contributed by atoms with Gasteiger partial charge in [0.2, 0.25) is 17.2 Å². The van der Waals surface area contributed by atoms with Crippen LogP contribution >= 0.6 is 0 Å². The Labute approximate surface area is 182 Å². The Balaban J connectivity index is 1.69. The average Bonchev–Trinajstić information content (AvgIpc) is 3.07. The van der Waals surface area contributed by atoms with Crippen LogP contribution in [0.25, 0.3) is 10.9 Å². The molecule has 0 radical (unpaired) electrons. The molecule has 1 unspecified atom stereocenters. The van der Waals surface area contributed by atoms with Crippen LogP contribution < -0.4 is 15.5 Å². The van der Waals surface area contributed by atoms with E-state index in [1.807, 2.05) is 0 Å². The number of nitrogens with zero attached hydrogens (tertiary/aromatic N) is 2. The lowest BCUT2D eigenvalue weighted by Gasteiger charge is -2.28. The Bertz CT molecular complexity index is 1120. The maximum atomic E-state index is 14.2. The lowest BCUT2D eigenvalue weighted by molar-refractivity contribution is -0.134. The minimum atomic E-state index is -1.26. The van der Waals surface area contributed by atoms with E-state index in [4.69, 9.17) is 4.74 Å². The summed E-state index contributed by atoms with van der Waals surface area (Å²) in [5.41, 5.74) is -1.07. The summed E-state index contributed by atoms with van der Waals surface area (Å²) in [7, 11) is 0. The van der Waals surface area contributed by atoms with Crippen LogP contribution in [-0.2, 0) is 4.79 Å². The molecule has 10 heteroatoms. The van der Waals surface area contributed by atoms with Gasteiger partial charge in [0.1, 0.15) is 18.2 Å². The number of likely N-dealkylation sites (tertiary alicyclic amines) is 1. The number of aliphatic hydroxyl groups is 1. The minimum Gasteiger partial charge on any atom is -0.486 e. The molecule has 0 spiro atoms. The van der Waals surface area contributed by atoms with Crippen LogP contribution in [-0.4, -0.2) is 58.7 Å². The number of benzene rings is 1. The largest absolute Gasteiger partial charge is 0.486 e. The third-order valence-electron chi connectivity index (χ3n) is 6.06. The molecule has 2 N–H and O–H groups in total. The molecular weight excluding hydrogens is 424 g/mol. The van der Waals surface area contributed by atoms with Crippen molar-refractivity contribution in [2.45, 2.75) is 44.7 Å². The van der Waals surface area contributed by atoms with E-state index in [1.54, 1.807) is 11.8 Å². The Kier molecular flexibility index (Phi) is 6.14. The third-order valence-corrected chi connectivity index (χ3v) is 6.06. The first kappa shape index (κ1) is 22.2. The van der Waals surface area contributed by atoms with Crippen LogP contribution in [0.2, 0.25) is 0 Å². The van der Waals surface area contributed by atoms with Gasteiger partial charge in [0.05, 0.1) is 23.6 Å². The van der Waals surface area contributed by atoms with Gasteiger partial charge in [-0.3, -0.25) is 14.4 Å². The molecule has 2 aromatic rings. The van der Waals surface area contributed by atoms with Crippen LogP contribution in [0.4, 0.5) is 8.78 Å². The van der Waals surface area contributed by atoms with E-state index in [2.05, 4.69) is 5.32 Å². The number of nitrogens with one attached hydrogen (secondary N) is 1. The van der Waals surface area contributed by atoms with E-state index in [-0.39, 0.29) is 34.9 Å². The quantitative estimate of drug-likeness (QED) is 0.741. The average molecular weight is 449 g/mol. The summed E-state index contributed by atoms with van der Waals surface area (Å²) in [6.45, 7) is 2.23. The zero-order chi connectivity index (χ0) is 23.0. The normalized spacial score (nSPS) is 19.2. The van der Waals surface area contributed by atoms with Crippen molar-refractivity contribution in [3.05, 3.63) is 39.7 Å². The summed E-state index contributed by atoms with van der Waals surface area (Å²) < 4.78 is 35.1. The Hall–Kier alpha value is -3.01. The predicted octanol–water partition coefficient (Wildman–Crippen LogP) is 1.73. The molecule has 1 saturated heterocycles. The van der Waals surface area contributed by atoms with Gasteiger partial charge in [-0.1, -0.05) is 12.8 Å². The summed E-state index contributed by atoms with van der Waals surface area (Å²) in [4.78, 5) is 40.4. The van der Waals surface area contributed by atoms with Crippen molar-refractivity contribution in [2.24, 2.45) is 0 Å². The van der Waals surface area contributed by atoms with Gasteiger partial charge in [-0.15, -0.1) is 0 Å². The summed E-state index contributed by atoms with van der Waals surface area (Å²) in [5.74, 6) is -4.10. The van der Waals surface area contributed by atoms with Crippen molar-refractivity contribution in [1.82, 2.24) is 14.8 Å². The molecule has 0 bridgehead atoms. The number of aromatic nitrogens is 1. The van der Waals surface area contributed by atoms with Gasteiger partial charge in [-0.2, -0.15) is 4.39 Å². The zero-order valence-corrected chi connectivity index (χ0v) is 17.7. The molecule has 2 aliphatic rings. The SMILES string of the molecule is CC1COc2c(F)c(F)cc3c(=O)c(C(=O)N[C@@H](CO)C(=O)N4CCCCCC4)cn1c23. The minimum absolute atomic E-state index is 0.0269. The van der Waals surface area contributed by atoms with Gasteiger partial charge in [0.25, 0.3) is 5.91 Å². The van der Waals surface area contributed by atoms with Crippen molar-refractivity contribution in [3.63, 3.8) is 0 Å². The van der Waals surface area contributed by atoms with E-state index >= 15 is 0 Å². The van der Waals surface area contributed by atoms with Crippen molar-refractivity contribution in [1.29, 1.82) is 0 Å². The summed E-state index contributed by atoms with van der Waals surface area (Å²) in [6, 6.07) is -0.815. The number of ether oxygens (including phenoxy) is 1. The second-order valence-electron chi connectivity index (χ2n) is 8.28. The highest BCUT2D eigenvalue weighted by molar-refractivity contribution is 6.00. The molecule has 1 aromatic carbocycles. The third kappa shape index (κ3) is 3.83. The summed E-state index contributed by atoms with van der Waals surface area (Å²) >= 11 is 0. The number of pyridine rings is 1. The number of amides is 2. The lowest BCUT2D eigenvalue weighted by Crippen LogP contribution is -2.51. The number of aliphatic hydroxyl groups excluding tert-OH is 1. The van der Waals surface area contributed by atoms with E-state index < -0.39 is 41.5 Å². The van der Waals surface area contributed by atoms with E-state index in [1.165, 1.54) is 10.8 Å². The Morgan fingerprint density at radius 2 is 1.94 bits per heavy atom. The van der Waals surface area contributed by atoms with Gasteiger partial charge < -0.3 is 24.6 Å². The van der Waals surface area contributed by atoms with E-state index in [0.29, 0.717) is 13.1 Å². The standard InChI is InChI=1S/C22H25F2N3O5/c1-12-11-32-20-17(24)15(23)8-13-18(20)27(12)9-14(19(13)29)21(30)25-16(10-28)22(31)26-6-4-2-3-5-7-26/h8-9,12,16,28H,2-7,10-11H2,1H3,(H,25,30)/t12?,16-/m0/s1. The number of carbonyl (C=O) groups is 2. The molecule has 2 atom stereocenters. The Morgan fingerprint density at radius 3 is 2.59 bits per heavy atom. The second-order valence-corrected chi connectivity index (χ2v) is 8.28. The summed E-state index contributed by atoms with van der Waals surface area (Å²) in [5, 5.41) is 12.0. The van der Waals surface area contributed by atoms with Crippen LogP contribution in [0.5, 0.6) is 5.75 Å². The number of halogens is 2. The van der Waals surface area contributed by atoms with Crippen molar-refractivity contribution >= 4 is 22.7 Å². The summed E-state index contributed by atoms with van der Waals surface area (Å²) in [6.07, 6.45) is 4.98. The molecule has 4 rings (SSSR count). The lowest BCUT2D eigenvalue weighted by atomic mass is 10.1. The first-order valence-electron chi connectivity index (χ1n) is 10.7. The molecule has 8 nitrogen and oxygen atoms in total. The highest BCUT2D eigenvalue weighted by Gasteiger charge is 2.30. The number of hydrogen-bond acceptors (Lipinski definition) is 5. The van der Waals surface area contributed by atoms with Crippen molar-refractivity contribution in [2.75, 3.05) is 26.3 Å². The molecule has 172 valence electrons. The number of hydrogen-bond donors (Lipinski definition) is 2. The van der Waals surface area contributed by atoms with Crippen LogP contribution in [0.15, 0.2) is 17.1 Å². The zero-order valence-electron chi connectivity index (χ0n) is 17.7. The molecular formula is C22H25F2N3O5. The first-order valence-corrected chi connectivity index (χ1v) is 10.7. The smallest absolute Gasteiger partial charge is 0.257 e. The van der Waals surface area contributed by atoms with Gasteiger partial charge in [-0.05, 0) is 25.8 Å². The molecule has 3 heterocycles. The fourth-order valence-electron chi connectivity index (χ4n) is 4.29. The number of rotatable bonds is 4. The van der Waals surface area contributed by atoms with Crippen LogP contribution in [0.1, 0.15) is 49.0 Å². The molecule has 1 fully saturated rings. The number of carbonyl (C=O) groups excluding carboxylic acids is 2. The van der Waals surface area contributed by atoms with Gasteiger partial charge in [-0.25, -0.2) is 4.39 Å². The molecule has 0 aliphatic carbocycles. The Morgan fingerprint density at radius 1 is 1.25 bits per heavy atom. The fraction of sp³-hybridized carbons (Fsp3) is 0.500. The molecule has 2 amide bonds. The van der Waals surface area contributed by atoms with Crippen LogP contribution in [0.3, 0.4) is 0 Å². The van der Waals surface area contributed by atoms with Crippen molar-refractivity contribution in [3.8, 4) is 5.75 Å². The maximum Gasteiger partial charge on any atom is 0.257 e.